The second-order valence-electron chi connectivity index (χ2n) is 15.0. The predicted molar refractivity (Wildman–Crippen MR) is 221 cm³/mol. The van der Waals surface area contributed by atoms with Crippen molar-refractivity contribution in [3.63, 3.8) is 0 Å². The Hall–Kier alpha value is -5.89. The van der Waals surface area contributed by atoms with Crippen LogP contribution in [0.25, 0.3) is 71.9 Å². The maximum Gasteiger partial charge on any atom is 0.494 e. The average molecular weight is 709 g/mol. The van der Waals surface area contributed by atoms with Gasteiger partial charge in [0.1, 0.15) is 17.3 Å². The van der Waals surface area contributed by atoms with Crippen LogP contribution in [0.15, 0.2) is 140 Å². The lowest BCUT2D eigenvalue weighted by Gasteiger charge is -2.32. The molecule has 1 aromatic heterocycles. The molecule has 7 aromatic carbocycles. The van der Waals surface area contributed by atoms with E-state index in [1.807, 2.05) is 24.3 Å². The van der Waals surface area contributed by atoms with E-state index in [1.54, 1.807) is 14.2 Å². The molecule has 0 atom stereocenters. The van der Waals surface area contributed by atoms with Gasteiger partial charge in [-0.05, 0) is 115 Å². The second-order valence-corrected chi connectivity index (χ2v) is 15.0. The third-order valence-electron chi connectivity index (χ3n) is 11.3. The highest BCUT2D eigenvalue weighted by Gasteiger charge is 2.51. The molecule has 1 aliphatic heterocycles. The average Bonchev–Trinajstić information content (AvgIpc) is 3.71. The molecule has 0 amide bonds. The summed E-state index contributed by atoms with van der Waals surface area (Å²) < 4.78 is 26.0. The van der Waals surface area contributed by atoms with Gasteiger partial charge in [-0.1, -0.05) is 91.0 Å². The molecule has 0 radical (unpaired) electrons. The molecule has 0 aliphatic carbocycles. The lowest BCUT2D eigenvalue weighted by atomic mass is 9.79. The number of para-hydroxylation sites is 1. The molecule has 8 aromatic rings. The fourth-order valence-corrected chi connectivity index (χ4v) is 7.52. The van der Waals surface area contributed by atoms with Gasteiger partial charge in [-0.15, -0.1) is 0 Å². The largest absolute Gasteiger partial charge is 0.497 e. The van der Waals surface area contributed by atoms with Crippen molar-refractivity contribution in [2.45, 2.75) is 38.9 Å². The lowest BCUT2D eigenvalue weighted by Crippen LogP contribution is -2.41. The number of aromatic nitrogens is 2. The number of hydrogen-bond acceptors (Lipinski definition) is 5. The van der Waals surface area contributed by atoms with Crippen LogP contribution in [0, 0.1) is 0 Å². The van der Waals surface area contributed by atoms with Crippen LogP contribution in [0.1, 0.15) is 27.7 Å². The highest BCUT2D eigenvalue weighted by atomic mass is 16.7. The van der Waals surface area contributed by atoms with Gasteiger partial charge in [0.25, 0.3) is 0 Å². The standard InChI is InChI=1S/C47H41BN2O4/c1-46(2)47(3,4)54-48(53-46)35-20-12-32(13-21-35)45-49-43-39-26-18-33(30-14-22-37(51-5)23-15-30)28-41(39)42-29-34(31-16-24-38(52-6)25-17-31)19-27-40(42)44(43)50(45)36-10-8-7-9-11-36/h7-29H,1-6H3. The maximum absolute atomic E-state index is 6.38. The molecule has 1 aliphatic rings. The van der Waals surface area contributed by atoms with Gasteiger partial charge < -0.3 is 18.8 Å². The molecule has 1 saturated heterocycles. The number of rotatable bonds is 7. The number of imidazole rings is 1. The molecule has 266 valence electrons. The summed E-state index contributed by atoms with van der Waals surface area (Å²) in [6.45, 7) is 8.33. The van der Waals surface area contributed by atoms with Crippen molar-refractivity contribution in [3.8, 4) is 50.8 Å². The van der Waals surface area contributed by atoms with E-state index in [4.69, 9.17) is 23.8 Å². The molecule has 7 heteroatoms. The van der Waals surface area contributed by atoms with Gasteiger partial charge in [-0.3, -0.25) is 4.57 Å². The Labute approximate surface area is 316 Å². The summed E-state index contributed by atoms with van der Waals surface area (Å²) >= 11 is 0. The van der Waals surface area contributed by atoms with E-state index >= 15 is 0 Å². The van der Waals surface area contributed by atoms with Crippen LogP contribution >= 0.6 is 0 Å². The zero-order valence-electron chi connectivity index (χ0n) is 31.4. The first-order valence-electron chi connectivity index (χ1n) is 18.4. The molecule has 0 bridgehead atoms. The normalized spacial score (nSPS) is 15.0. The molecule has 0 saturated carbocycles. The fraction of sp³-hybridized carbons (Fsp3) is 0.170. The van der Waals surface area contributed by atoms with E-state index in [0.29, 0.717) is 0 Å². The third kappa shape index (κ3) is 5.63. The first kappa shape index (κ1) is 33.9. The summed E-state index contributed by atoms with van der Waals surface area (Å²) in [5.41, 5.74) is 8.70. The van der Waals surface area contributed by atoms with Crippen molar-refractivity contribution in [3.05, 3.63) is 140 Å². The summed E-state index contributed by atoms with van der Waals surface area (Å²) in [7, 11) is 2.95. The Bertz CT molecular complexity index is 2650. The van der Waals surface area contributed by atoms with E-state index < -0.39 is 18.3 Å². The van der Waals surface area contributed by atoms with Crippen LogP contribution in [-0.2, 0) is 9.31 Å². The smallest absolute Gasteiger partial charge is 0.494 e. The molecule has 1 fully saturated rings. The van der Waals surface area contributed by atoms with Crippen LogP contribution in [0.2, 0.25) is 0 Å². The van der Waals surface area contributed by atoms with Crippen molar-refractivity contribution in [1.29, 1.82) is 0 Å². The van der Waals surface area contributed by atoms with Crippen molar-refractivity contribution >= 4 is 45.2 Å². The van der Waals surface area contributed by atoms with E-state index in [9.17, 15) is 0 Å². The van der Waals surface area contributed by atoms with Crippen molar-refractivity contribution in [1.82, 2.24) is 9.55 Å². The first-order valence-corrected chi connectivity index (χ1v) is 18.4. The number of ether oxygens (including phenoxy) is 2. The number of nitrogens with zero attached hydrogens (tertiary/aromatic N) is 2. The second kappa shape index (κ2) is 12.9. The van der Waals surface area contributed by atoms with Crippen LogP contribution in [0.4, 0.5) is 0 Å². The topological polar surface area (TPSA) is 54.7 Å². The highest BCUT2D eigenvalue weighted by molar-refractivity contribution is 6.62. The Morgan fingerprint density at radius 1 is 0.519 bits per heavy atom. The number of fused-ring (bicyclic) bond motifs is 6. The Kier molecular flexibility index (Phi) is 8.11. The van der Waals surface area contributed by atoms with Gasteiger partial charge in [0.2, 0.25) is 0 Å². The number of hydrogen-bond donors (Lipinski definition) is 0. The van der Waals surface area contributed by atoms with Crippen molar-refractivity contribution in [2.75, 3.05) is 14.2 Å². The molecule has 0 N–H and O–H groups in total. The molecule has 54 heavy (non-hydrogen) atoms. The minimum absolute atomic E-state index is 0.416. The molecule has 0 spiro atoms. The lowest BCUT2D eigenvalue weighted by molar-refractivity contribution is 0.00578. The van der Waals surface area contributed by atoms with Crippen molar-refractivity contribution < 1.29 is 18.8 Å². The van der Waals surface area contributed by atoms with Gasteiger partial charge in [0.05, 0.1) is 36.5 Å². The minimum atomic E-state index is -0.440. The van der Waals surface area contributed by atoms with Gasteiger partial charge in [-0.25, -0.2) is 4.98 Å². The first-order chi connectivity index (χ1) is 26.1. The molecular formula is C47H41BN2O4. The van der Waals surface area contributed by atoms with Crippen molar-refractivity contribution in [2.24, 2.45) is 0 Å². The summed E-state index contributed by atoms with van der Waals surface area (Å²) in [5, 5.41) is 4.51. The van der Waals surface area contributed by atoms with Gasteiger partial charge in [-0.2, -0.15) is 0 Å². The summed E-state index contributed by atoms with van der Waals surface area (Å²) in [4.78, 5) is 5.51. The molecule has 0 unspecified atom stereocenters. The van der Waals surface area contributed by atoms with E-state index in [2.05, 4.69) is 148 Å². The van der Waals surface area contributed by atoms with E-state index in [-0.39, 0.29) is 0 Å². The zero-order valence-corrected chi connectivity index (χ0v) is 31.4. The Morgan fingerprint density at radius 3 is 1.54 bits per heavy atom. The SMILES string of the molecule is COc1ccc(-c2ccc3c(c2)c2cc(-c4ccc(OC)cc4)ccc2c2c3nc(-c3ccc(B4OC(C)(C)C(C)(C)O4)cc3)n2-c2ccccc2)cc1. The van der Waals surface area contributed by atoms with Gasteiger partial charge >= 0.3 is 7.12 Å². The zero-order chi connectivity index (χ0) is 37.2. The summed E-state index contributed by atoms with van der Waals surface area (Å²) in [5.74, 6) is 2.53. The molecule has 9 rings (SSSR count). The molecular weight excluding hydrogens is 667 g/mol. The van der Waals surface area contributed by atoms with Crippen LogP contribution in [0.3, 0.4) is 0 Å². The highest BCUT2D eigenvalue weighted by Crippen LogP contribution is 2.42. The Balaban J connectivity index is 1.29. The summed E-state index contributed by atoms with van der Waals surface area (Å²) in [6, 6.07) is 49.0. The van der Waals surface area contributed by atoms with Crippen LogP contribution in [-0.4, -0.2) is 42.1 Å². The van der Waals surface area contributed by atoms with E-state index in [1.165, 1.54) is 0 Å². The fourth-order valence-electron chi connectivity index (χ4n) is 7.52. The summed E-state index contributed by atoms with van der Waals surface area (Å²) in [6.07, 6.45) is 0. The Morgan fingerprint density at radius 2 is 1.00 bits per heavy atom. The van der Waals surface area contributed by atoms with E-state index in [0.717, 1.165) is 88.9 Å². The number of benzene rings is 7. The van der Waals surface area contributed by atoms with Crippen LogP contribution < -0.4 is 14.9 Å². The number of methoxy groups -OCH3 is 2. The molecule has 6 nitrogen and oxygen atoms in total. The van der Waals surface area contributed by atoms with Crippen LogP contribution in [0.5, 0.6) is 11.5 Å². The van der Waals surface area contributed by atoms with Gasteiger partial charge in [0.15, 0.2) is 0 Å². The quantitative estimate of drug-likeness (QED) is 0.122. The maximum atomic E-state index is 6.38. The minimum Gasteiger partial charge on any atom is -0.497 e. The molecule has 2 heterocycles. The van der Waals surface area contributed by atoms with Gasteiger partial charge in [0, 0.05) is 22.0 Å². The monoisotopic (exact) mass is 708 g/mol. The third-order valence-corrected chi connectivity index (χ3v) is 11.3. The predicted octanol–water partition coefficient (Wildman–Crippen LogP) is 10.6.